The smallest absolute Gasteiger partial charge is 0.338 e. The molecular weight excluding hydrogens is 408 g/mol. The zero-order chi connectivity index (χ0) is 22.0. The van der Waals surface area contributed by atoms with Crippen LogP contribution >= 0.6 is 0 Å². The summed E-state index contributed by atoms with van der Waals surface area (Å²) >= 11 is 0. The summed E-state index contributed by atoms with van der Waals surface area (Å²) in [5.41, 5.74) is 1.26. The Labute approximate surface area is 184 Å². The molecule has 4 aliphatic carbocycles. The first-order valence-corrected chi connectivity index (χ1v) is 11.0. The van der Waals surface area contributed by atoms with E-state index in [1.807, 2.05) is 0 Å². The summed E-state index contributed by atoms with van der Waals surface area (Å²) < 4.78 is 10.8. The van der Waals surface area contributed by atoms with Gasteiger partial charge < -0.3 is 9.15 Å². The number of rotatable bonds is 5. The molecule has 5 aliphatic rings. The van der Waals surface area contributed by atoms with Crippen LogP contribution in [-0.2, 0) is 14.3 Å². The second-order valence-electron chi connectivity index (χ2n) is 8.89. The standard InChI is InChI=1S/C25H22N2O5/c1-2-31-25(30)14-5-3-13(4-6-14)20-10-7-15(32-20)12-26-27-23(28)21-16-8-9-17(19-11-18(16)19)22(21)24(27)29/h3-10,12,16-19,21-22H,2,11H2,1H3/b26-12-/t16-,17-,18-,19+,21+,22+/m1/s1. The molecule has 32 heavy (non-hydrogen) atoms. The number of nitrogens with zero attached hydrogens (tertiary/aromatic N) is 2. The van der Waals surface area contributed by atoms with Gasteiger partial charge in [-0.05, 0) is 61.3 Å². The van der Waals surface area contributed by atoms with E-state index in [4.69, 9.17) is 9.15 Å². The van der Waals surface area contributed by atoms with Crippen LogP contribution in [0.15, 0.2) is 58.1 Å². The van der Waals surface area contributed by atoms with E-state index in [0.29, 0.717) is 35.5 Å². The van der Waals surface area contributed by atoms with E-state index < -0.39 is 0 Å². The van der Waals surface area contributed by atoms with Crippen LogP contribution in [0, 0.1) is 35.5 Å². The molecule has 162 valence electrons. The number of hydrogen-bond acceptors (Lipinski definition) is 6. The monoisotopic (exact) mass is 430 g/mol. The number of allylic oxidation sites excluding steroid dienone is 2. The van der Waals surface area contributed by atoms with Crippen molar-refractivity contribution in [2.24, 2.45) is 40.6 Å². The molecule has 1 saturated heterocycles. The molecule has 0 N–H and O–H groups in total. The minimum atomic E-state index is -0.368. The van der Waals surface area contributed by atoms with Crippen molar-refractivity contribution >= 4 is 24.0 Å². The summed E-state index contributed by atoms with van der Waals surface area (Å²) in [6, 6.07) is 10.4. The highest BCUT2D eigenvalue weighted by Gasteiger charge is 2.67. The fourth-order valence-corrected chi connectivity index (χ4v) is 5.73. The molecule has 3 fully saturated rings. The van der Waals surface area contributed by atoms with Crippen LogP contribution in [0.25, 0.3) is 11.3 Å². The average Bonchev–Trinajstić information content (AvgIpc) is 3.45. The van der Waals surface area contributed by atoms with Gasteiger partial charge in [0.05, 0.1) is 30.2 Å². The van der Waals surface area contributed by atoms with Gasteiger partial charge in [0, 0.05) is 5.56 Å². The third kappa shape index (κ3) is 2.80. The fourth-order valence-electron chi connectivity index (χ4n) is 5.73. The van der Waals surface area contributed by atoms with E-state index in [0.717, 1.165) is 17.0 Å². The van der Waals surface area contributed by atoms with Gasteiger partial charge in [0.2, 0.25) is 0 Å². The van der Waals surface area contributed by atoms with Crippen LogP contribution in [0.4, 0.5) is 0 Å². The number of imide groups is 1. The predicted molar refractivity (Wildman–Crippen MR) is 114 cm³/mol. The lowest BCUT2D eigenvalue weighted by Crippen LogP contribution is -2.40. The number of carbonyl (C=O) groups is 3. The first-order chi connectivity index (χ1) is 15.6. The number of ether oxygens (including phenoxy) is 1. The summed E-state index contributed by atoms with van der Waals surface area (Å²) in [6.07, 6.45) is 6.84. The Balaban J connectivity index is 1.18. The highest BCUT2D eigenvalue weighted by molar-refractivity contribution is 6.06. The number of esters is 1. The summed E-state index contributed by atoms with van der Waals surface area (Å²) in [7, 11) is 0. The summed E-state index contributed by atoms with van der Waals surface area (Å²) in [6.45, 7) is 2.09. The van der Waals surface area contributed by atoms with Crippen LogP contribution in [0.1, 0.15) is 29.5 Å². The second-order valence-corrected chi connectivity index (χ2v) is 8.89. The van der Waals surface area contributed by atoms with Gasteiger partial charge in [-0.15, -0.1) is 0 Å². The van der Waals surface area contributed by atoms with Crippen molar-refractivity contribution in [1.29, 1.82) is 0 Å². The lowest BCUT2D eigenvalue weighted by molar-refractivity contribution is -0.140. The van der Waals surface area contributed by atoms with Crippen molar-refractivity contribution in [3.05, 3.63) is 59.9 Å². The van der Waals surface area contributed by atoms with E-state index in [1.165, 1.54) is 6.21 Å². The van der Waals surface area contributed by atoms with Gasteiger partial charge >= 0.3 is 5.97 Å². The number of carbonyl (C=O) groups excluding carboxylic acids is 3. The van der Waals surface area contributed by atoms with Crippen molar-refractivity contribution < 1.29 is 23.5 Å². The zero-order valence-corrected chi connectivity index (χ0v) is 17.5. The van der Waals surface area contributed by atoms with Crippen molar-refractivity contribution in [2.45, 2.75) is 13.3 Å². The van der Waals surface area contributed by atoms with E-state index in [1.54, 1.807) is 43.3 Å². The maximum atomic E-state index is 13.0. The Morgan fingerprint density at radius 3 is 2.34 bits per heavy atom. The number of furan rings is 1. The molecular formula is C25H22N2O5. The average molecular weight is 430 g/mol. The van der Waals surface area contributed by atoms with Crippen molar-refractivity contribution in [2.75, 3.05) is 6.61 Å². The lowest BCUT2D eigenvalue weighted by atomic mass is 9.63. The number of amides is 2. The molecule has 2 bridgehead atoms. The molecule has 6 atom stereocenters. The normalized spacial score (nSPS) is 31.8. The van der Waals surface area contributed by atoms with Crippen LogP contribution < -0.4 is 0 Å². The Hall–Kier alpha value is -3.48. The minimum Gasteiger partial charge on any atom is -0.462 e. The maximum absolute atomic E-state index is 13.0. The van der Waals surface area contributed by atoms with Gasteiger partial charge in [-0.3, -0.25) is 9.59 Å². The van der Waals surface area contributed by atoms with Gasteiger partial charge in [0.25, 0.3) is 11.8 Å². The van der Waals surface area contributed by atoms with Crippen molar-refractivity contribution in [1.82, 2.24) is 5.01 Å². The van der Waals surface area contributed by atoms with Crippen molar-refractivity contribution in [3.8, 4) is 11.3 Å². The second kappa shape index (κ2) is 7.02. The van der Waals surface area contributed by atoms with Gasteiger partial charge in [-0.1, -0.05) is 24.3 Å². The van der Waals surface area contributed by atoms with E-state index in [-0.39, 0.29) is 41.5 Å². The highest BCUT2D eigenvalue weighted by atomic mass is 16.5. The molecule has 7 nitrogen and oxygen atoms in total. The Morgan fingerprint density at radius 1 is 1.06 bits per heavy atom. The summed E-state index contributed by atoms with van der Waals surface area (Å²) in [5, 5.41) is 5.25. The molecule has 1 aromatic carbocycles. The molecule has 2 saturated carbocycles. The summed E-state index contributed by atoms with van der Waals surface area (Å²) in [4.78, 5) is 37.7. The van der Waals surface area contributed by atoms with Gasteiger partial charge in [-0.2, -0.15) is 10.1 Å². The van der Waals surface area contributed by atoms with Gasteiger partial charge in [-0.25, -0.2) is 4.79 Å². The number of hydrazone groups is 1. The predicted octanol–water partition coefficient (Wildman–Crippen LogP) is 3.51. The fraction of sp³-hybridized carbons (Fsp3) is 0.360. The van der Waals surface area contributed by atoms with E-state index in [2.05, 4.69) is 17.3 Å². The molecule has 0 spiro atoms. The van der Waals surface area contributed by atoms with Gasteiger partial charge in [0.1, 0.15) is 11.5 Å². The quantitative estimate of drug-likeness (QED) is 0.313. The largest absolute Gasteiger partial charge is 0.462 e. The summed E-state index contributed by atoms with van der Waals surface area (Å²) in [5.74, 6) is 1.25. The van der Waals surface area contributed by atoms with Crippen molar-refractivity contribution in [3.63, 3.8) is 0 Å². The molecule has 2 aromatic rings. The van der Waals surface area contributed by atoms with E-state index >= 15 is 0 Å². The Morgan fingerprint density at radius 2 is 1.72 bits per heavy atom. The molecule has 2 amide bonds. The zero-order valence-electron chi connectivity index (χ0n) is 17.5. The third-order valence-electron chi connectivity index (χ3n) is 7.25. The highest BCUT2D eigenvalue weighted by Crippen LogP contribution is 2.65. The van der Waals surface area contributed by atoms with Crippen LogP contribution in [0.3, 0.4) is 0 Å². The number of benzene rings is 1. The maximum Gasteiger partial charge on any atom is 0.338 e. The number of hydrogen-bond donors (Lipinski definition) is 0. The van der Waals surface area contributed by atoms with Crippen LogP contribution in [0.5, 0.6) is 0 Å². The first kappa shape index (κ1) is 19.2. The molecule has 0 unspecified atom stereocenters. The van der Waals surface area contributed by atoms with E-state index in [9.17, 15) is 14.4 Å². The molecule has 7 heteroatoms. The molecule has 1 aliphatic heterocycles. The first-order valence-electron chi connectivity index (χ1n) is 11.0. The topological polar surface area (TPSA) is 89.2 Å². The SMILES string of the molecule is CCOC(=O)c1ccc(-c2ccc(/C=N\N3C(=O)[C@H]4[C@@H]5C=C[C@H]([C@@H]6C[C@H]56)[C@@H]4C3=O)o2)cc1. The molecule has 0 radical (unpaired) electrons. The molecule has 7 rings (SSSR count). The Bertz CT molecular complexity index is 1140. The van der Waals surface area contributed by atoms with Crippen LogP contribution in [0.2, 0.25) is 0 Å². The minimum absolute atomic E-state index is 0.180. The van der Waals surface area contributed by atoms with Crippen LogP contribution in [-0.4, -0.2) is 35.6 Å². The third-order valence-corrected chi connectivity index (χ3v) is 7.25. The van der Waals surface area contributed by atoms with Gasteiger partial charge in [0.15, 0.2) is 0 Å². The Kier molecular flexibility index (Phi) is 4.22. The molecule has 1 aromatic heterocycles. The lowest BCUT2D eigenvalue weighted by Gasteiger charge is -2.37. The molecule has 2 heterocycles.